The predicted molar refractivity (Wildman–Crippen MR) is 69.6 cm³/mol. The van der Waals surface area contributed by atoms with E-state index >= 15 is 0 Å². The van der Waals surface area contributed by atoms with Gasteiger partial charge in [0.15, 0.2) is 0 Å². The van der Waals surface area contributed by atoms with Crippen molar-refractivity contribution in [3.8, 4) is 5.75 Å². The summed E-state index contributed by atoms with van der Waals surface area (Å²) in [4.78, 5) is 18.2. The molecular weight excluding hydrogens is 230 g/mol. The Labute approximate surface area is 105 Å². The summed E-state index contributed by atoms with van der Waals surface area (Å²) in [5, 5.41) is 0. The van der Waals surface area contributed by atoms with Gasteiger partial charge in [-0.2, -0.15) is 0 Å². The van der Waals surface area contributed by atoms with Crippen LogP contribution in [-0.4, -0.2) is 16.6 Å². The summed E-state index contributed by atoms with van der Waals surface area (Å²) < 4.78 is 5.54. The first-order chi connectivity index (χ1) is 8.66. The third-order valence-electron chi connectivity index (χ3n) is 2.60. The lowest BCUT2D eigenvalue weighted by Gasteiger charge is -2.07. The van der Waals surface area contributed by atoms with Gasteiger partial charge in [0.05, 0.1) is 12.3 Å². The van der Waals surface area contributed by atoms with Crippen LogP contribution in [0.2, 0.25) is 0 Å². The Hall–Kier alpha value is -2.30. The van der Waals surface area contributed by atoms with Crippen molar-refractivity contribution in [3.63, 3.8) is 0 Å². The molecule has 0 unspecified atom stereocenters. The van der Waals surface area contributed by atoms with Crippen LogP contribution in [-0.2, 0) is 6.42 Å². The Morgan fingerprint density at radius 2 is 2.06 bits per heavy atom. The highest BCUT2D eigenvalue weighted by atomic mass is 16.5. The van der Waals surface area contributed by atoms with Gasteiger partial charge in [0.25, 0.3) is 5.56 Å². The van der Waals surface area contributed by atoms with E-state index in [1.807, 2.05) is 30.3 Å². The van der Waals surface area contributed by atoms with Crippen molar-refractivity contribution in [3.05, 3.63) is 51.9 Å². The fraction of sp³-hybridized carbons (Fsp3) is 0.231. The fourth-order valence-electron chi connectivity index (χ4n) is 1.71. The van der Waals surface area contributed by atoms with Gasteiger partial charge in [0.2, 0.25) is 5.95 Å². The van der Waals surface area contributed by atoms with Gasteiger partial charge in [-0.15, -0.1) is 0 Å². The summed E-state index contributed by atoms with van der Waals surface area (Å²) in [6.45, 7) is 2.20. The van der Waals surface area contributed by atoms with Crippen LogP contribution < -0.4 is 16.0 Å². The van der Waals surface area contributed by atoms with Crippen LogP contribution in [0.4, 0.5) is 5.95 Å². The molecule has 3 N–H and O–H groups in total. The Balaban J connectivity index is 2.01. The smallest absolute Gasteiger partial charge is 0.255 e. The highest BCUT2D eigenvalue weighted by Gasteiger charge is 2.06. The highest BCUT2D eigenvalue weighted by molar-refractivity contribution is 5.25. The van der Waals surface area contributed by atoms with Crippen LogP contribution in [0.25, 0.3) is 0 Å². The highest BCUT2D eigenvalue weighted by Crippen LogP contribution is 2.09. The number of nitrogen functional groups attached to an aromatic ring is 1. The van der Waals surface area contributed by atoms with E-state index in [2.05, 4.69) is 9.97 Å². The number of nitrogens with one attached hydrogen (secondary N) is 1. The number of aryl methyl sites for hydroxylation is 1. The van der Waals surface area contributed by atoms with E-state index in [4.69, 9.17) is 10.5 Å². The summed E-state index contributed by atoms with van der Waals surface area (Å²) in [5.74, 6) is 0.931. The summed E-state index contributed by atoms with van der Waals surface area (Å²) >= 11 is 0. The van der Waals surface area contributed by atoms with E-state index in [1.165, 1.54) is 0 Å². The molecular formula is C13H15N3O2. The van der Waals surface area contributed by atoms with Crippen LogP contribution in [0.5, 0.6) is 5.75 Å². The van der Waals surface area contributed by atoms with Crippen molar-refractivity contribution in [2.45, 2.75) is 13.3 Å². The number of para-hydroxylation sites is 1. The summed E-state index contributed by atoms with van der Waals surface area (Å²) in [7, 11) is 0. The van der Waals surface area contributed by atoms with Crippen LogP contribution in [0.15, 0.2) is 35.1 Å². The lowest BCUT2D eigenvalue weighted by atomic mass is 10.2. The first-order valence-electron chi connectivity index (χ1n) is 5.70. The number of hydrogen-bond donors (Lipinski definition) is 2. The molecule has 0 atom stereocenters. The minimum Gasteiger partial charge on any atom is -0.493 e. The quantitative estimate of drug-likeness (QED) is 0.850. The molecule has 94 valence electrons. The number of nitrogens with two attached hydrogens (primary N) is 1. The summed E-state index contributed by atoms with van der Waals surface area (Å²) in [6, 6.07) is 9.47. The maximum absolute atomic E-state index is 11.7. The molecule has 0 saturated carbocycles. The van der Waals surface area contributed by atoms with E-state index in [1.54, 1.807) is 6.92 Å². The van der Waals surface area contributed by atoms with Crippen molar-refractivity contribution in [2.75, 3.05) is 12.3 Å². The molecule has 0 aliphatic rings. The zero-order valence-electron chi connectivity index (χ0n) is 10.1. The zero-order valence-corrected chi connectivity index (χ0v) is 10.1. The lowest BCUT2D eigenvalue weighted by molar-refractivity contribution is 0.321. The first kappa shape index (κ1) is 12.2. The number of hydrogen-bond acceptors (Lipinski definition) is 4. The van der Waals surface area contributed by atoms with Crippen molar-refractivity contribution in [2.24, 2.45) is 0 Å². The van der Waals surface area contributed by atoms with Gasteiger partial charge >= 0.3 is 0 Å². The van der Waals surface area contributed by atoms with Gasteiger partial charge < -0.3 is 10.5 Å². The topological polar surface area (TPSA) is 81.0 Å². The molecule has 0 aliphatic carbocycles. The number of aromatic amines is 1. The second-order valence-electron chi connectivity index (χ2n) is 3.93. The molecule has 0 saturated heterocycles. The number of H-pyrrole nitrogens is 1. The summed E-state index contributed by atoms with van der Waals surface area (Å²) in [5.41, 5.74) is 6.51. The number of nitrogens with zero attached hydrogens (tertiary/aromatic N) is 1. The van der Waals surface area contributed by atoms with Crippen molar-refractivity contribution < 1.29 is 4.74 Å². The molecule has 0 bridgehead atoms. The summed E-state index contributed by atoms with van der Waals surface area (Å²) in [6.07, 6.45) is 0.503. The predicted octanol–water partition coefficient (Wildman–Crippen LogP) is 1.28. The van der Waals surface area contributed by atoms with Gasteiger partial charge in [-0.1, -0.05) is 18.2 Å². The maximum atomic E-state index is 11.7. The molecule has 0 radical (unpaired) electrons. The second-order valence-corrected chi connectivity index (χ2v) is 3.93. The van der Waals surface area contributed by atoms with Crippen LogP contribution in [0, 0.1) is 6.92 Å². The van der Waals surface area contributed by atoms with E-state index in [9.17, 15) is 4.79 Å². The Morgan fingerprint density at radius 1 is 1.33 bits per heavy atom. The Bertz CT molecular complexity index is 579. The average molecular weight is 245 g/mol. The van der Waals surface area contributed by atoms with E-state index in [-0.39, 0.29) is 11.5 Å². The molecule has 5 heteroatoms. The van der Waals surface area contributed by atoms with E-state index in [0.29, 0.717) is 24.3 Å². The largest absolute Gasteiger partial charge is 0.493 e. The minimum atomic E-state index is -0.198. The van der Waals surface area contributed by atoms with Gasteiger partial charge in [0.1, 0.15) is 5.75 Å². The molecule has 0 aliphatic heterocycles. The van der Waals surface area contributed by atoms with Gasteiger partial charge in [-0.05, 0) is 19.1 Å². The monoisotopic (exact) mass is 245 g/mol. The number of ether oxygens (including phenoxy) is 1. The van der Waals surface area contributed by atoms with Crippen molar-refractivity contribution in [1.82, 2.24) is 9.97 Å². The van der Waals surface area contributed by atoms with Gasteiger partial charge in [-0.25, -0.2) is 4.98 Å². The third-order valence-corrected chi connectivity index (χ3v) is 2.60. The minimum absolute atomic E-state index is 0.144. The standard InChI is InChI=1S/C13H15N3O2/c1-9-11(12(17)16-13(14)15-9)7-8-18-10-5-3-2-4-6-10/h2-6H,7-8H2,1H3,(H3,14,15,16,17). The van der Waals surface area contributed by atoms with E-state index in [0.717, 1.165) is 5.75 Å². The van der Waals surface area contributed by atoms with Gasteiger partial charge in [0, 0.05) is 12.0 Å². The Kier molecular flexibility index (Phi) is 3.62. The molecule has 18 heavy (non-hydrogen) atoms. The van der Waals surface area contributed by atoms with Gasteiger partial charge in [-0.3, -0.25) is 9.78 Å². The van der Waals surface area contributed by atoms with Crippen LogP contribution in [0.1, 0.15) is 11.3 Å². The molecule has 0 spiro atoms. The fourth-order valence-corrected chi connectivity index (χ4v) is 1.71. The van der Waals surface area contributed by atoms with Crippen molar-refractivity contribution in [1.29, 1.82) is 0 Å². The molecule has 1 aromatic carbocycles. The molecule has 2 rings (SSSR count). The first-order valence-corrected chi connectivity index (χ1v) is 5.70. The molecule has 5 nitrogen and oxygen atoms in total. The number of aromatic nitrogens is 2. The molecule has 1 heterocycles. The van der Waals surface area contributed by atoms with E-state index < -0.39 is 0 Å². The average Bonchev–Trinajstić information content (AvgIpc) is 2.34. The SMILES string of the molecule is Cc1nc(N)[nH]c(=O)c1CCOc1ccccc1. The molecule has 2 aromatic rings. The lowest BCUT2D eigenvalue weighted by Crippen LogP contribution is -2.20. The molecule has 0 amide bonds. The normalized spacial score (nSPS) is 10.3. The van der Waals surface area contributed by atoms with Crippen LogP contribution in [0.3, 0.4) is 0 Å². The zero-order chi connectivity index (χ0) is 13.0. The number of anilines is 1. The van der Waals surface area contributed by atoms with Crippen LogP contribution >= 0.6 is 0 Å². The number of rotatable bonds is 4. The molecule has 1 aromatic heterocycles. The number of benzene rings is 1. The van der Waals surface area contributed by atoms with Crippen molar-refractivity contribution >= 4 is 5.95 Å². The molecule has 0 fully saturated rings. The third kappa shape index (κ3) is 2.88. The maximum Gasteiger partial charge on any atom is 0.255 e. The second kappa shape index (κ2) is 5.35. The Morgan fingerprint density at radius 3 is 2.72 bits per heavy atom.